The van der Waals surface area contributed by atoms with Gasteiger partial charge in [0.25, 0.3) is 5.91 Å². The normalized spacial score (nSPS) is 11.5. The standard InChI is InChI=1S/C17H17N3O5/c1-10-4-9-15(16(18-10)20(23)24)25-12(3)17(22)19-14-7-5-13(6-8-14)11(2)21/h4-9,12H,1-3H3,(H,19,22)/t12-/m1/s1. The Kier molecular flexibility index (Phi) is 5.43. The molecule has 2 aromatic rings. The Morgan fingerprint density at radius 1 is 1.20 bits per heavy atom. The molecule has 0 aliphatic rings. The molecule has 0 spiro atoms. The molecule has 2 rings (SSSR count). The number of amides is 1. The summed E-state index contributed by atoms with van der Waals surface area (Å²) in [7, 11) is 0. The lowest BCUT2D eigenvalue weighted by molar-refractivity contribution is -0.390. The van der Waals surface area contributed by atoms with Crippen molar-refractivity contribution < 1.29 is 19.2 Å². The number of anilines is 1. The molecule has 1 aromatic heterocycles. The molecule has 0 radical (unpaired) electrons. The summed E-state index contributed by atoms with van der Waals surface area (Å²) in [5, 5.41) is 13.7. The number of Topliss-reactive ketones (excluding diaryl/α,β-unsaturated/α-hetero) is 1. The second kappa shape index (κ2) is 7.52. The van der Waals surface area contributed by atoms with Gasteiger partial charge >= 0.3 is 5.82 Å². The quantitative estimate of drug-likeness (QED) is 0.490. The predicted molar refractivity (Wildman–Crippen MR) is 90.8 cm³/mol. The fraction of sp³-hybridized carbons (Fsp3) is 0.235. The van der Waals surface area contributed by atoms with Crippen LogP contribution in [0.1, 0.15) is 29.9 Å². The van der Waals surface area contributed by atoms with Crippen molar-refractivity contribution in [2.24, 2.45) is 0 Å². The number of hydrogen-bond donors (Lipinski definition) is 1. The number of nitrogens with zero attached hydrogens (tertiary/aromatic N) is 2. The first kappa shape index (κ1) is 18.1. The molecule has 25 heavy (non-hydrogen) atoms. The third-order valence-electron chi connectivity index (χ3n) is 3.38. The zero-order chi connectivity index (χ0) is 18.6. The molecule has 0 aliphatic heterocycles. The minimum atomic E-state index is -0.976. The Bertz CT molecular complexity index is 818. The van der Waals surface area contributed by atoms with E-state index in [2.05, 4.69) is 10.3 Å². The lowest BCUT2D eigenvalue weighted by Crippen LogP contribution is -2.30. The summed E-state index contributed by atoms with van der Waals surface area (Å²) in [4.78, 5) is 37.6. The van der Waals surface area contributed by atoms with Gasteiger partial charge in [0.05, 0.1) is 0 Å². The van der Waals surface area contributed by atoms with Gasteiger partial charge in [-0.25, -0.2) is 0 Å². The number of ether oxygens (including phenoxy) is 1. The molecule has 1 atom stereocenters. The van der Waals surface area contributed by atoms with Crippen molar-refractivity contribution in [2.75, 3.05) is 5.32 Å². The topological polar surface area (TPSA) is 111 Å². The van der Waals surface area contributed by atoms with Gasteiger partial charge in [-0.2, -0.15) is 0 Å². The number of hydrogen-bond acceptors (Lipinski definition) is 6. The summed E-state index contributed by atoms with van der Waals surface area (Å²) >= 11 is 0. The van der Waals surface area contributed by atoms with Crippen LogP contribution in [0, 0.1) is 17.0 Å². The third kappa shape index (κ3) is 4.60. The van der Waals surface area contributed by atoms with Crippen molar-refractivity contribution in [3.63, 3.8) is 0 Å². The van der Waals surface area contributed by atoms with E-state index in [1.54, 1.807) is 37.3 Å². The minimum absolute atomic E-state index is 0.0752. The van der Waals surface area contributed by atoms with Crippen LogP contribution in [0.15, 0.2) is 36.4 Å². The first-order valence-corrected chi connectivity index (χ1v) is 7.48. The highest BCUT2D eigenvalue weighted by molar-refractivity contribution is 5.96. The van der Waals surface area contributed by atoms with Crippen LogP contribution in [0.2, 0.25) is 0 Å². The van der Waals surface area contributed by atoms with Crippen molar-refractivity contribution in [3.05, 3.63) is 57.8 Å². The van der Waals surface area contributed by atoms with E-state index in [-0.39, 0.29) is 11.5 Å². The number of carbonyl (C=O) groups excluding carboxylic acids is 2. The van der Waals surface area contributed by atoms with E-state index in [9.17, 15) is 19.7 Å². The van der Waals surface area contributed by atoms with Crippen LogP contribution in [-0.4, -0.2) is 27.7 Å². The highest BCUT2D eigenvalue weighted by Crippen LogP contribution is 2.25. The molecular weight excluding hydrogens is 326 g/mol. The van der Waals surface area contributed by atoms with E-state index in [1.165, 1.54) is 19.9 Å². The number of ketones is 1. The predicted octanol–water partition coefficient (Wildman–Crippen LogP) is 2.91. The number of nitro groups is 1. The molecule has 8 nitrogen and oxygen atoms in total. The van der Waals surface area contributed by atoms with Gasteiger partial charge in [0, 0.05) is 18.2 Å². The van der Waals surface area contributed by atoms with E-state index in [1.807, 2.05) is 0 Å². The number of aromatic nitrogens is 1. The van der Waals surface area contributed by atoms with Crippen LogP contribution in [-0.2, 0) is 4.79 Å². The Hall–Kier alpha value is -3.29. The number of rotatable bonds is 6. The third-order valence-corrected chi connectivity index (χ3v) is 3.38. The maximum absolute atomic E-state index is 12.2. The van der Waals surface area contributed by atoms with Gasteiger partial charge in [0.2, 0.25) is 5.75 Å². The SMILES string of the molecule is CC(=O)c1ccc(NC(=O)[C@@H](C)Oc2ccc(C)nc2[N+](=O)[O-])cc1. The molecule has 0 fully saturated rings. The van der Waals surface area contributed by atoms with Gasteiger partial charge in [-0.1, -0.05) is 0 Å². The Balaban J connectivity index is 2.08. The average Bonchev–Trinajstić information content (AvgIpc) is 2.56. The second-order valence-electron chi connectivity index (χ2n) is 5.41. The van der Waals surface area contributed by atoms with Crippen molar-refractivity contribution in [3.8, 4) is 5.75 Å². The molecule has 0 aliphatic carbocycles. The maximum Gasteiger partial charge on any atom is 0.406 e. The molecule has 0 bridgehead atoms. The second-order valence-corrected chi connectivity index (χ2v) is 5.41. The van der Waals surface area contributed by atoms with Crippen molar-refractivity contribution in [1.82, 2.24) is 4.98 Å². The van der Waals surface area contributed by atoms with Crippen molar-refractivity contribution in [1.29, 1.82) is 0 Å². The van der Waals surface area contributed by atoms with Crippen molar-refractivity contribution in [2.45, 2.75) is 26.9 Å². The van der Waals surface area contributed by atoms with Crippen molar-refractivity contribution >= 4 is 23.2 Å². The van der Waals surface area contributed by atoms with Gasteiger partial charge in [-0.3, -0.25) is 9.59 Å². The molecule has 1 aromatic carbocycles. The van der Waals surface area contributed by atoms with Gasteiger partial charge in [-0.05, 0) is 60.2 Å². The first-order chi connectivity index (χ1) is 11.8. The Labute approximate surface area is 144 Å². The molecule has 0 saturated heterocycles. The largest absolute Gasteiger partial charge is 0.473 e. The molecule has 1 N–H and O–H groups in total. The number of carbonyl (C=O) groups is 2. The maximum atomic E-state index is 12.2. The lowest BCUT2D eigenvalue weighted by atomic mass is 10.1. The van der Waals surface area contributed by atoms with Gasteiger partial charge in [-0.15, -0.1) is 0 Å². The minimum Gasteiger partial charge on any atom is -0.473 e. The molecule has 8 heteroatoms. The molecule has 1 heterocycles. The highest BCUT2D eigenvalue weighted by atomic mass is 16.6. The number of aryl methyl sites for hydroxylation is 1. The van der Waals surface area contributed by atoms with Crippen LogP contribution in [0.4, 0.5) is 11.5 Å². The summed E-state index contributed by atoms with van der Waals surface area (Å²) in [5.41, 5.74) is 1.49. The van der Waals surface area contributed by atoms with Crippen LogP contribution < -0.4 is 10.1 Å². The highest BCUT2D eigenvalue weighted by Gasteiger charge is 2.23. The molecule has 0 saturated carbocycles. The summed E-state index contributed by atoms with van der Waals surface area (Å²) in [5.74, 6) is -1.07. The summed E-state index contributed by atoms with van der Waals surface area (Å²) in [6.45, 7) is 4.55. The number of nitrogens with one attached hydrogen (secondary N) is 1. The van der Waals surface area contributed by atoms with E-state index in [0.29, 0.717) is 16.9 Å². The summed E-state index contributed by atoms with van der Waals surface area (Å²) < 4.78 is 5.39. The van der Waals surface area contributed by atoms with E-state index in [0.717, 1.165) is 0 Å². The molecule has 1 amide bonds. The Morgan fingerprint density at radius 3 is 2.40 bits per heavy atom. The smallest absolute Gasteiger partial charge is 0.406 e. The molecule has 0 unspecified atom stereocenters. The summed E-state index contributed by atoms with van der Waals surface area (Å²) in [6, 6.07) is 9.35. The van der Waals surface area contributed by atoms with Gasteiger partial charge in [0.1, 0.15) is 5.69 Å². The Morgan fingerprint density at radius 2 is 1.84 bits per heavy atom. The average molecular weight is 343 g/mol. The zero-order valence-corrected chi connectivity index (χ0v) is 14.0. The fourth-order valence-electron chi connectivity index (χ4n) is 2.03. The first-order valence-electron chi connectivity index (χ1n) is 7.48. The van der Waals surface area contributed by atoms with Crippen LogP contribution in [0.25, 0.3) is 0 Å². The van der Waals surface area contributed by atoms with Crippen LogP contribution in [0.5, 0.6) is 5.75 Å². The van der Waals surface area contributed by atoms with E-state index >= 15 is 0 Å². The number of pyridine rings is 1. The monoisotopic (exact) mass is 343 g/mol. The van der Waals surface area contributed by atoms with Crippen LogP contribution >= 0.6 is 0 Å². The summed E-state index contributed by atoms with van der Waals surface area (Å²) in [6.07, 6.45) is -0.976. The lowest BCUT2D eigenvalue weighted by Gasteiger charge is -2.14. The zero-order valence-electron chi connectivity index (χ0n) is 14.0. The number of benzene rings is 1. The fourth-order valence-corrected chi connectivity index (χ4v) is 2.03. The van der Waals surface area contributed by atoms with E-state index in [4.69, 9.17) is 4.74 Å². The van der Waals surface area contributed by atoms with Gasteiger partial charge < -0.3 is 20.2 Å². The van der Waals surface area contributed by atoms with Crippen LogP contribution in [0.3, 0.4) is 0 Å². The van der Waals surface area contributed by atoms with Gasteiger partial charge in [0.15, 0.2) is 11.9 Å². The van der Waals surface area contributed by atoms with E-state index < -0.39 is 22.8 Å². The molecular formula is C17H17N3O5. The molecule has 130 valence electrons.